The molecule has 0 spiro atoms. The van der Waals surface area contributed by atoms with Gasteiger partial charge in [0.2, 0.25) is 0 Å². The highest BCUT2D eigenvalue weighted by Gasteiger charge is 2.48. The Balaban J connectivity index is 0.000000168. The van der Waals surface area contributed by atoms with Crippen molar-refractivity contribution in [3.8, 4) is 0 Å². The van der Waals surface area contributed by atoms with Crippen molar-refractivity contribution in [3.05, 3.63) is 263 Å². The molecule has 0 atom stereocenters. The number of urea groups is 4. The summed E-state index contributed by atoms with van der Waals surface area (Å²) < 4.78 is 36.2. The van der Waals surface area contributed by atoms with E-state index in [1.807, 2.05) is 179 Å². The average molecular weight is 2150 g/mol. The van der Waals surface area contributed by atoms with E-state index in [-0.39, 0.29) is 75.9 Å². The number of methoxy groups -OCH3 is 4. The van der Waals surface area contributed by atoms with Crippen LogP contribution < -0.4 is 41.7 Å². The van der Waals surface area contributed by atoms with Crippen LogP contribution in [-0.2, 0) is 54.8 Å². The molecule has 0 unspecified atom stereocenters. The van der Waals surface area contributed by atoms with E-state index >= 15 is 0 Å². The number of nitrogens with zero attached hydrogens (tertiary/aromatic N) is 7. The molecule has 0 bridgehead atoms. The van der Waals surface area contributed by atoms with E-state index in [0.29, 0.717) is 114 Å². The zero-order valence-corrected chi connectivity index (χ0v) is 90.1. The Morgan fingerprint density at radius 3 is 0.849 bits per heavy atom. The Kier molecular flexibility index (Phi) is 38.8. The third-order valence-electron chi connectivity index (χ3n) is 28.5. The summed E-state index contributed by atoms with van der Waals surface area (Å²) in [4.78, 5) is 149. The number of ether oxygens (including phenoxy) is 7. The normalized spacial score (nSPS) is 22.0. The largest absolute Gasteiger partial charge is 0.465 e. The quantitative estimate of drug-likeness (QED) is 0.0311. The fourth-order valence-corrected chi connectivity index (χ4v) is 22.0. The van der Waals surface area contributed by atoms with Crippen LogP contribution in [0.25, 0.3) is 0 Å². The van der Waals surface area contributed by atoms with Gasteiger partial charge in [-0.1, -0.05) is 135 Å². The van der Waals surface area contributed by atoms with Gasteiger partial charge in [-0.15, -0.1) is 0 Å². The first-order valence-corrected chi connectivity index (χ1v) is 52.1. The van der Waals surface area contributed by atoms with E-state index in [0.717, 1.165) is 148 Å². The van der Waals surface area contributed by atoms with Gasteiger partial charge in [-0.3, -0.25) is 14.7 Å². The summed E-state index contributed by atoms with van der Waals surface area (Å²) in [6, 6.07) is 60.0. The van der Waals surface area contributed by atoms with E-state index in [1.165, 1.54) is 34.0 Å². The minimum absolute atomic E-state index is 0.00461. The maximum absolute atomic E-state index is 13.4. The number of carbonyl (C=O) groups is 11. The van der Waals surface area contributed by atoms with Gasteiger partial charge >= 0.3 is 66.3 Å². The molecule has 35 heteroatoms. The Morgan fingerprint density at radius 1 is 0.349 bits per heavy atom. The predicted octanol–water partition coefficient (Wildman–Crippen LogP) is 22.1. The first kappa shape index (κ1) is 113. The summed E-state index contributed by atoms with van der Waals surface area (Å²) >= 11 is 28.4. The molecule has 30 nitrogen and oxygen atoms in total. The molecule has 4 heterocycles. The number of esters is 4. The number of halogens is 5. The van der Waals surface area contributed by atoms with E-state index in [9.17, 15) is 52.7 Å². The van der Waals surface area contributed by atoms with E-state index in [1.54, 1.807) is 87.5 Å². The second-order valence-electron chi connectivity index (χ2n) is 41.3. The number of amides is 11. The third kappa shape index (κ3) is 29.6. The number of nitrogens with one attached hydrogen (secondary N) is 4. The van der Waals surface area contributed by atoms with Gasteiger partial charge in [-0.2, -0.15) is 0 Å². The lowest BCUT2D eigenvalue weighted by Crippen LogP contribution is -2.49. The molecule has 4 aliphatic carbocycles. The van der Waals surface area contributed by atoms with Gasteiger partial charge in [0, 0.05) is 166 Å². The molecular weight excluding hydrogens is 2010 g/mol. The Bertz CT molecular complexity index is 5740. The number of hydrogen-bond acceptors (Lipinski definition) is 19. The smallest absolute Gasteiger partial charge is 0.407 e. The molecule has 16 rings (SSSR count). The maximum Gasteiger partial charge on any atom is 0.407 e. The molecule has 146 heavy (non-hydrogen) atoms. The van der Waals surface area contributed by atoms with Crippen LogP contribution in [0.4, 0.5) is 50.6 Å². The zero-order chi connectivity index (χ0) is 106. The first-order chi connectivity index (χ1) is 69.4. The molecule has 784 valence electrons. The highest BCUT2D eigenvalue weighted by atomic mass is 79.9. The van der Waals surface area contributed by atoms with Crippen LogP contribution in [0.2, 0.25) is 20.1 Å². The monoisotopic (exact) mass is 2140 g/mol. The molecule has 0 aromatic heterocycles. The van der Waals surface area contributed by atoms with Crippen molar-refractivity contribution in [1.29, 1.82) is 0 Å². The summed E-state index contributed by atoms with van der Waals surface area (Å²) in [5.41, 5.74) is 12.0. The van der Waals surface area contributed by atoms with E-state index in [4.69, 9.17) is 80.6 Å². The van der Waals surface area contributed by atoms with Gasteiger partial charge in [-0.05, 0) is 309 Å². The van der Waals surface area contributed by atoms with Gasteiger partial charge < -0.3 is 79.8 Å². The minimum atomic E-state index is -0.580. The van der Waals surface area contributed by atoms with Gasteiger partial charge in [-0.25, -0.2) is 52.7 Å². The zero-order valence-electron chi connectivity index (χ0n) is 85.5. The van der Waals surface area contributed by atoms with Crippen molar-refractivity contribution < 1.29 is 85.9 Å². The van der Waals surface area contributed by atoms with E-state index < -0.39 is 53.0 Å². The lowest BCUT2D eigenvalue weighted by molar-refractivity contribution is 0.0491. The van der Waals surface area contributed by atoms with Gasteiger partial charge in [0.05, 0.1) is 50.7 Å². The molecule has 8 aromatic rings. The lowest BCUT2D eigenvalue weighted by atomic mass is 9.68. The van der Waals surface area contributed by atoms with Crippen molar-refractivity contribution in [2.45, 2.75) is 228 Å². The van der Waals surface area contributed by atoms with E-state index in [2.05, 4.69) is 66.2 Å². The highest BCUT2D eigenvalue weighted by Crippen LogP contribution is 2.48. The summed E-state index contributed by atoms with van der Waals surface area (Å²) in [6.45, 7) is 23.6. The van der Waals surface area contributed by atoms with Gasteiger partial charge in [0.25, 0.3) is 0 Å². The van der Waals surface area contributed by atoms with Crippen LogP contribution in [0.15, 0.2) is 199 Å². The topological polar surface area (TPSA) is 349 Å². The Hall–Kier alpha value is -11.9. The summed E-state index contributed by atoms with van der Waals surface area (Å²) in [7, 11) is 5.40. The molecule has 4 saturated heterocycles. The van der Waals surface area contributed by atoms with Gasteiger partial charge in [0.15, 0.2) is 0 Å². The number of anilines is 3. The second-order valence-corrected chi connectivity index (χ2v) is 44.0. The van der Waals surface area contributed by atoms with Crippen LogP contribution in [-0.4, -0.2) is 234 Å². The number of hydrogen-bond donors (Lipinski definition) is 5. The second kappa shape index (κ2) is 50.2. The number of rotatable bonds is 22. The number of carbonyl (C=O) groups excluding carboxylic acids is 11. The maximum atomic E-state index is 13.4. The standard InChI is InChI=1S/2C29H36ClN3O5.C24H28ClN3O3.C21H30ClN3O3.C8H7BrO2/c2*1-28(2,3)38-26(35)31-19-29(21-8-6-9-22(30)18-21)13-11-23(12-14-29)32-15-16-33(27(32)36)24-10-5-7-20(17-24)25(34)37-4;1-31-22(29)17-4-2-7-21(14-17)28-13-12-27(23(28)30)20-8-10-24(16-26,11-9-20)18-5-3-6-19(25)15-18;1-20(2,3)28-19(27)24-14-21(15-5-4-6-16(22)13-15)9-7-17(8-10-21)25-12-11-23-18(25)26;1-11-8(10)6-3-2-4-7(9)5-6/h2*5-10,17-18,23H,11-16,19H2,1-4H3,(H,31,35);2-7,14-15,20H,8-13,16,26H2,1H3;4-6,13,17H,7-12,14H2,1-3H3,(H,23,26)(H,24,27);2-5H,1H3. The van der Waals surface area contributed by atoms with Crippen LogP contribution in [0.3, 0.4) is 0 Å². The number of benzene rings is 8. The molecule has 11 amide bonds. The molecular formula is C111H137BrCl4N12O18. The summed E-state index contributed by atoms with van der Waals surface area (Å²) in [6.07, 6.45) is 12.2. The summed E-state index contributed by atoms with van der Waals surface area (Å²) in [5.74, 6) is -1.58. The van der Waals surface area contributed by atoms with Crippen molar-refractivity contribution >= 4 is 146 Å². The fourth-order valence-electron chi connectivity index (χ4n) is 20.8. The lowest BCUT2D eigenvalue weighted by Gasteiger charge is -2.43. The highest BCUT2D eigenvalue weighted by molar-refractivity contribution is 9.10. The molecule has 0 radical (unpaired) electrons. The summed E-state index contributed by atoms with van der Waals surface area (Å²) in [5, 5.41) is 14.5. The Morgan fingerprint density at radius 2 is 0.603 bits per heavy atom. The first-order valence-electron chi connectivity index (χ1n) is 49.7. The van der Waals surface area contributed by atoms with Crippen molar-refractivity contribution in [1.82, 2.24) is 40.9 Å². The van der Waals surface area contributed by atoms with Crippen molar-refractivity contribution in [3.63, 3.8) is 0 Å². The third-order valence-corrected chi connectivity index (χ3v) is 29.9. The molecule has 8 aromatic carbocycles. The van der Waals surface area contributed by atoms with Crippen LogP contribution >= 0.6 is 62.3 Å². The molecule has 4 aliphatic heterocycles. The minimum Gasteiger partial charge on any atom is -0.465 e. The Labute approximate surface area is 884 Å². The molecule has 8 fully saturated rings. The molecule has 6 N–H and O–H groups in total. The number of nitrogens with two attached hydrogens (primary N) is 1. The number of alkyl carbamates (subject to hydrolysis) is 3. The SMILES string of the molecule is CC(C)(C)OC(=O)NCC1(c2cccc(Cl)c2)CCC(N2CCNC2=O)CC1.COC(=O)c1cccc(Br)c1.COC(=O)c1cccc(N2CCN(C3CCC(CN)(c4cccc(Cl)c4)CC3)C2=O)c1.COC(=O)c1cccc(N2CCN(C3CCC(CNC(=O)OC(C)(C)C)(c4cccc(Cl)c4)CC3)C2=O)c1.COC(=O)c1cccc(N2CCN(C3CCC(CNC(=O)OC(C)(C)C)(c4cccc(Cl)c4)CC3)C2=O)c1. The molecule has 4 saturated carbocycles. The van der Waals surface area contributed by atoms with Crippen molar-refractivity contribution in [2.24, 2.45) is 5.73 Å². The average Bonchev–Trinajstić information content (AvgIpc) is 1.57. The van der Waals surface area contributed by atoms with Crippen LogP contribution in [0.1, 0.15) is 229 Å². The van der Waals surface area contributed by atoms with Crippen molar-refractivity contribution in [2.75, 3.05) is 122 Å². The van der Waals surface area contributed by atoms with Crippen LogP contribution in [0, 0.1) is 0 Å². The molecule has 8 aliphatic rings. The van der Waals surface area contributed by atoms with Crippen LogP contribution in [0.5, 0.6) is 0 Å². The predicted molar refractivity (Wildman–Crippen MR) is 571 cm³/mol. The van der Waals surface area contributed by atoms with Gasteiger partial charge in [0.1, 0.15) is 16.8 Å². The fraction of sp³-hybridized carbons (Fsp3) is 0.468.